The molecule has 0 spiro atoms. The number of furan rings is 2. The Labute approximate surface area is 187 Å². The molecule has 32 heavy (non-hydrogen) atoms. The normalized spacial score (nSPS) is 11.8. The second-order valence-corrected chi connectivity index (χ2v) is 8.99. The Bertz CT molecular complexity index is 1470. The molecule has 0 saturated carbocycles. The van der Waals surface area contributed by atoms with Crippen LogP contribution in [-0.4, -0.2) is 0 Å². The smallest absolute Gasteiger partial charge is 0.135 e. The first-order valence-corrected chi connectivity index (χ1v) is 11.0. The first-order chi connectivity index (χ1) is 15.4. The van der Waals surface area contributed by atoms with Crippen LogP contribution in [0.15, 0.2) is 81.6 Å². The molecule has 156 valence electrons. The van der Waals surface area contributed by atoms with Crippen molar-refractivity contribution in [3.63, 3.8) is 0 Å². The standard InChI is InChI=1S/C30H24O2/c1-17-5-7-25(19(3)9-17)29-15-23-11-21-14-28-24(12-22(21)13-27(23)31-29)16-30(32-28)26-8-6-18(2)10-20(26)4/h5-16H,1-4H3. The lowest BCUT2D eigenvalue weighted by Crippen LogP contribution is -1.82. The van der Waals surface area contributed by atoms with E-state index in [2.05, 4.69) is 100 Å². The molecule has 2 heteroatoms. The first kappa shape index (κ1) is 18.9. The van der Waals surface area contributed by atoms with E-state index in [1.54, 1.807) is 0 Å². The molecule has 0 atom stereocenters. The van der Waals surface area contributed by atoms with Crippen LogP contribution in [0.1, 0.15) is 22.3 Å². The molecule has 2 heterocycles. The summed E-state index contributed by atoms with van der Waals surface area (Å²) in [6, 6.07) is 25.9. The summed E-state index contributed by atoms with van der Waals surface area (Å²) in [5.41, 5.74) is 9.07. The molecule has 0 N–H and O–H groups in total. The fraction of sp³-hybridized carbons (Fsp3) is 0.133. The van der Waals surface area contributed by atoms with Gasteiger partial charge in [-0.05, 0) is 86.0 Å². The van der Waals surface area contributed by atoms with Gasteiger partial charge in [0.25, 0.3) is 0 Å². The molecule has 0 aliphatic carbocycles. The molecule has 2 nitrogen and oxygen atoms in total. The highest BCUT2D eigenvalue weighted by molar-refractivity contribution is 6.03. The van der Waals surface area contributed by atoms with Crippen LogP contribution in [0.25, 0.3) is 55.4 Å². The molecule has 6 rings (SSSR count). The number of benzene rings is 4. The van der Waals surface area contributed by atoms with Gasteiger partial charge in [-0.15, -0.1) is 0 Å². The van der Waals surface area contributed by atoms with Crippen LogP contribution >= 0.6 is 0 Å². The van der Waals surface area contributed by atoms with E-state index in [-0.39, 0.29) is 0 Å². The Hall–Kier alpha value is -3.78. The quantitative estimate of drug-likeness (QED) is 0.282. The third-order valence-electron chi connectivity index (χ3n) is 6.41. The van der Waals surface area contributed by atoms with E-state index in [0.29, 0.717) is 0 Å². The molecule has 0 fully saturated rings. The second-order valence-electron chi connectivity index (χ2n) is 8.99. The monoisotopic (exact) mass is 416 g/mol. The molecular weight excluding hydrogens is 392 g/mol. The molecular formula is C30H24O2. The Morgan fingerprint density at radius 3 is 1.28 bits per heavy atom. The van der Waals surface area contributed by atoms with Gasteiger partial charge in [-0.1, -0.05) is 47.5 Å². The van der Waals surface area contributed by atoms with Crippen molar-refractivity contribution in [2.45, 2.75) is 27.7 Å². The summed E-state index contributed by atoms with van der Waals surface area (Å²) in [4.78, 5) is 0. The average molecular weight is 417 g/mol. The second kappa shape index (κ2) is 6.86. The van der Waals surface area contributed by atoms with Crippen molar-refractivity contribution >= 4 is 32.7 Å². The van der Waals surface area contributed by atoms with Crippen LogP contribution < -0.4 is 0 Å². The van der Waals surface area contributed by atoms with E-state index in [1.165, 1.54) is 22.3 Å². The fourth-order valence-electron chi connectivity index (χ4n) is 4.77. The third kappa shape index (κ3) is 3.03. The minimum atomic E-state index is 0.907. The van der Waals surface area contributed by atoms with Crippen LogP contribution in [-0.2, 0) is 0 Å². The van der Waals surface area contributed by atoms with Crippen LogP contribution in [0.5, 0.6) is 0 Å². The highest BCUT2D eigenvalue weighted by atomic mass is 16.3. The summed E-state index contributed by atoms with van der Waals surface area (Å²) in [6.45, 7) is 8.49. The van der Waals surface area contributed by atoms with Gasteiger partial charge in [0.2, 0.25) is 0 Å². The van der Waals surface area contributed by atoms with E-state index < -0.39 is 0 Å². The van der Waals surface area contributed by atoms with Gasteiger partial charge in [-0.3, -0.25) is 0 Å². The largest absolute Gasteiger partial charge is 0.456 e. The van der Waals surface area contributed by atoms with Gasteiger partial charge in [-0.25, -0.2) is 0 Å². The fourth-order valence-corrected chi connectivity index (χ4v) is 4.77. The van der Waals surface area contributed by atoms with Gasteiger partial charge in [0.15, 0.2) is 0 Å². The molecule has 6 aromatic rings. The number of fused-ring (bicyclic) bond motifs is 3. The van der Waals surface area contributed by atoms with Gasteiger partial charge in [0.1, 0.15) is 22.7 Å². The van der Waals surface area contributed by atoms with Crippen molar-refractivity contribution in [2.75, 3.05) is 0 Å². The maximum atomic E-state index is 6.27. The summed E-state index contributed by atoms with van der Waals surface area (Å²) in [5.74, 6) is 1.82. The van der Waals surface area contributed by atoms with Gasteiger partial charge in [0, 0.05) is 21.9 Å². The van der Waals surface area contributed by atoms with Gasteiger partial charge in [0.05, 0.1) is 0 Å². The third-order valence-corrected chi connectivity index (χ3v) is 6.41. The topological polar surface area (TPSA) is 26.3 Å². The Morgan fingerprint density at radius 1 is 0.438 bits per heavy atom. The predicted molar refractivity (Wildman–Crippen MR) is 133 cm³/mol. The zero-order chi connectivity index (χ0) is 22.0. The molecule has 0 aliphatic rings. The van der Waals surface area contributed by atoms with E-state index in [0.717, 1.165) is 55.4 Å². The lowest BCUT2D eigenvalue weighted by Gasteiger charge is -2.03. The SMILES string of the molecule is Cc1ccc(-c2cc3cc4cc5oc(-c6ccc(C)cc6C)cc5cc4cc3o2)c(C)c1. The highest BCUT2D eigenvalue weighted by Gasteiger charge is 2.13. The molecule has 0 radical (unpaired) electrons. The summed E-state index contributed by atoms with van der Waals surface area (Å²) >= 11 is 0. The minimum Gasteiger partial charge on any atom is -0.456 e. The lowest BCUT2D eigenvalue weighted by molar-refractivity contribution is 0.630. The van der Waals surface area contributed by atoms with E-state index in [9.17, 15) is 0 Å². The minimum absolute atomic E-state index is 0.907. The first-order valence-electron chi connectivity index (χ1n) is 11.0. The molecule has 0 amide bonds. The molecule has 4 aromatic carbocycles. The van der Waals surface area contributed by atoms with E-state index in [1.807, 2.05) is 0 Å². The van der Waals surface area contributed by atoms with E-state index >= 15 is 0 Å². The molecule has 0 saturated heterocycles. The van der Waals surface area contributed by atoms with Crippen LogP contribution in [0, 0.1) is 27.7 Å². The van der Waals surface area contributed by atoms with Gasteiger partial charge < -0.3 is 8.83 Å². The molecule has 0 unspecified atom stereocenters. The summed E-state index contributed by atoms with van der Waals surface area (Å²) in [7, 11) is 0. The summed E-state index contributed by atoms with van der Waals surface area (Å²) in [5, 5.41) is 4.51. The van der Waals surface area contributed by atoms with Crippen LogP contribution in [0.2, 0.25) is 0 Å². The van der Waals surface area contributed by atoms with Crippen LogP contribution in [0.4, 0.5) is 0 Å². The van der Waals surface area contributed by atoms with Crippen molar-refractivity contribution in [2.24, 2.45) is 0 Å². The zero-order valence-corrected chi connectivity index (χ0v) is 18.7. The Kier molecular flexibility index (Phi) is 4.06. The predicted octanol–water partition coefficient (Wildman–Crippen LogP) is 8.90. The van der Waals surface area contributed by atoms with Crippen molar-refractivity contribution in [1.29, 1.82) is 0 Å². The van der Waals surface area contributed by atoms with Gasteiger partial charge in [-0.2, -0.15) is 0 Å². The number of aryl methyl sites for hydroxylation is 4. The maximum absolute atomic E-state index is 6.27. The Balaban J connectivity index is 1.48. The average Bonchev–Trinajstić information content (AvgIpc) is 3.33. The highest BCUT2D eigenvalue weighted by Crippen LogP contribution is 2.36. The van der Waals surface area contributed by atoms with E-state index in [4.69, 9.17) is 8.83 Å². The van der Waals surface area contributed by atoms with Gasteiger partial charge >= 0.3 is 0 Å². The summed E-state index contributed by atoms with van der Waals surface area (Å²) in [6.07, 6.45) is 0. The van der Waals surface area contributed by atoms with Crippen molar-refractivity contribution in [3.8, 4) is 22.6 Å². The summed E-state index contributed by atoms with van der Waals surface area (Å²) < 4.78 is 12.5. The maximum Gasteiger partial charge on any atom is 0.135 e. The Morgan fingerprint density at radius 2 is 0.875 bits per heavy atom. The number of rotatable bonds is 2. The van der Waals surface area contributed by atoms with Crippen molar-refractivity contribution < 1.29 is 8.83 Å². The van der Waals surface area contributed by atoms with Crippen molar-refractivity contribution in [3.05, 3.63) is 95.1 Å². The number of hydrogen-bond acceptors (Lipinski definition) is 2. The lowest BCUT2D eigenvalue weighted by atomic mass is 10.0. The molecule has 0 aliphatic heterocycles. The zero-order valence-electron chi connectivity index (χ0n) is 18.7. The molecule has 0 bridgehead atoms. The van der Waals surface area contributed by atoms with Crippen LogP contribution in [0.3, 0.4) is 0 Å². The van der Waals surface area contributed by atoms with Crippen molar-refractivity contribution in [1.82, 2.24) is 0 Å². The molecule has 2 aromatic heterocycles. The number of hydrogen-bond donors (Lipinski definition) is 0.